The number of hydrogen-bond acceptors (Lipinski definition) is 3. The molecule has 4 nitrogen and oxygen atoms in total. The molecule has 2 saturated heterocycles. The van der Waals surface area contributed by atoms with E-state index < -0.39 is 11.5 Å². The van der Waals surface area contributed by atoms with Crippen molar-refractivity contribution in [2.75, 3.05) is 26.3 Å². The highest BCUT2D eigenvalue weighted by molar-refractivity contribution is 5.79. The maximum atomic E-state index is 11.6. The van der Waals surface area contributed by atoms with E-state index in [0.717, 1.165) is 13.1 Å². The van der Waals surface area contributed by atoms with Crippen LogP contribution in [-0.4, -0.2) is 47.8 Å². The van der Waals surface area contributed by atoms with Crippen molar-refractivity contribution in [1.82, 2.24) is 4.90 Å². The van der Waals surface area contributed by atoms with E-state index in [9.17, 15) is 9.90 Å². The van der Waals surface area contributed by atoms with Crippen LogP contribution in [0.15, 0.2) is 0 Å². The molecule has 2 heterocycles. The van der Waals surface area contributed by atoms with Gasteiger partial charge in [0.05, 0.1) is 6.61 Å². The lowest BCUT2D eigenvalue weighted by atomic mass is 9.71. The molecule has 1 saturated carbocycles. The Morgan fingerprint density at radius 3 is 2.22 bits per heavy atom. The lowest BCUT2D eigenvalue weighted by molar-refractivity contribution is -0.164. The maximum Gasteiger partial charge on any atom is 0.326 e. The number of carbonyl (C=O) groups is 1. The van der Waals surface area contributed by atoms with Gasteiger partial charge in [0.1, 0.15) is 5.54 Å². The monoisotopic (exact) mass is 253 g/mol. The fourth-order valence-electron chi connectivity index (χ4n) is 3.97. The lowest BCUT2D eigenvalue weighted by Gasteiger charge is -2.55. The summed E-state index contributed by atoms with van der Waals surface area (Å²) in [6.07, 6.45) is 8.59. The zero-order valence-electron chi connectivity index (χ0n) is 11.0. The quantitative estimate of drug-likeness (QED) is 0.816. The second-order valence-electron chi connectivity index (χ2n) is 6.41. The summed E-state index contributed by atoms with van der Waals surface area (Å²) >= 11 is 0. The average Bonchev–Trinajstić information content (AvgIpc) is 2.66. The third-order valence-electron chi connectivity index (χ3n) is 5.22. The molecule has 0 aromatic rings. The summed E-state index contributed by atoms with van der Waals surface area (Å²) in [5, 5.41) is 9.52. The zero-order chi connectivity index (χ0) is 12.6. The van der Waals surface area contributed by atoms with Crippen molar-refractivity contribution in [3.05, 3.63) is 0 Å². The van der Waals surface area contributed by atoms with Crippen LogP contribution in [0.25, 0.3) is 0 Å². The first-order valence-electron chi connectivity index (χ1n) is 7.23. The summed E-state index contributed by atoms with van der Waals surface area (Å²) in [4.78, 5) is 13.7. The number of ether oxygens (including phenoxy) is 1. The normalized spacial score (nSPS) is 36.2. The van der Waals surface area contributed by atoms with Crippen LogP contribution in [0.5, 0.6) is 0 Å². The van der Waals surface area contributed by atoms with Crippen molar-refractivity contribution >= 4 is 5.97 Å². The Balaban J connectivity index is 1.68. The highest BCUT2D eigenvalue weighted by atomic mass is 16.5. The third-order valence-corrected chi connectivity index (χ3v) is 5.22. The molecule has 0 aromatic heterocycles. The van der Waals surface area contributed by atoms with E-state index in [1.165, 1.54) is 38.5 Å². The van der Waals surface area contributed by atoms with Crippen LogP contribution in [0, 0.1) is 5.41 Å². The first-order valence-corrected chi connectivity index (χ1v) is 7.23. The molecule has 1 spiro atoms. The summed E-state index contributed by atoms with van der Waals surface area (Å²) in [6.45, 7) is 2.92. The van der Waals surface area contributed by atoms with Crippen molar-refractivity contribution in [2.45, 2.75) is 50.5 Å². The molecule has 3 fully saturated rings. The number of nitrogens with zero attached hydrogens (tertiary/aromatic N) is 1. The number of carboxylic acids is 1. The van der Waals surface area contributed by atoms with Gasteiger partial charge in [0, 0.05) is 26.1 Å². The second kappa shape index (κ2) is 4.49. The maximum absolute atomic E-state index is 11.6. The Kier molecular flexibility index (Phi) is 3.10. The van der Waals surface area contributed by atoms with E-state index in [-0.39, 0.29) is 0 Å². The Bertz CT molecular complexity index is 320. The van der Waals surface area contributed by atoms with Crippen LogP contribution in [0.2, 0.25) is 0 Å². The van der Waals surface area contributed by atoms with E-state index >= 15 is 0 Å². The van der Waals surface area contributed by atoms with Crippen LogP contribution >= 0.6 is 0 Å². The molecule has 1 N–H and O–H groups in total. The first kappa shape index (κ1) is 12.4. The van der Waals surface area contributed by atoms with Crippen molar-refractivity contribution in [2.24, 2.45) is 5.41 Å². The molecule has 3 rings (SSSR count). The van der Waals surface area contributed by atoms with Gasteiger partial charge in [-0.3, -0.25) is 9.69 Å². The molecule has 0 amide bonds. The summed E-state index contributed by atoms with van der Waals surface area (Å²) in [5.74, 6) is -0.691. The van der Waals surface area contributed by atoms with Crippen LogP contribution < -0.4 is 0 Å². The van der Waals surface area contributed by atoms with Gasteiger partial charge in [-0.1, -0.05) is 25.7 Å². The Labute approximate surface area is 108 Å². The molecule has 0 radical (unpaired) electrons. The molecule has 1 unspecified atom stereocenters. The standard InChI is InChI=1S/C14H23NO3/c16-12(17)14(7-8-18-11-14)15-9-13(10-15)5-3-1-2-4-6-13/h1-11H2,(H,16,17). The minimum Gasteiger partial charge on any atom is -0.480 e. The molecule has 3 aliphatic rings. The van der Waals surface area contributed by atoms with Gasteiger partial charge in [-0.05, 0) is 18.3 Å². The summed E-state index contributed by atoms with van der Waals surface area (Å²) in [5.41, 5.74) is -0.279. The number of aliphatic carboxylic acids is 1. The minimum atomic E-state index is -0.711. The van der Waals surface area contributed by atoms with E-state index in [0.29, 0.717) is 25.0 Å². The Morgan fingerprint density at radius 2 is 1.72 bits per heavy atom. The van der Waals surface area contributed by atoms with Gasteiger partial charge in [-0.25, -0.2) is 0 Å². The molecule has 4 heteroatoms. The summed E-state index contributed by atoms with van der Waals surface area (Å²) in [6, 6.07) is 0. The van der Waals surface area contributed by atoms with Gasteiger partial charge in [0.25, 0.3) is 0 Å². The molecule has 1 aliphatic carbocycles. The van der Waals surface area contributed by atoms with Crippen molar-refractivity contribution in [3.63, 3.8) is 0 Å². The van der Waals surface area contributed by atoms with E-state index in [4.69, 9.17) is 4.74 Å². The van der Waals surface area contributed by atoms with Gasteiger partial charge in [0.2, 0.25) is 0 Å². The summed E-state index contributed by atoms with van der Waals surface area (Å²) < 4.78 is 5.36. The Morgan fingerprint density at radius 1 is 1.06 bits per heavy atom. The van der Waals surface area contributed by atoms with Crippen molar-refractivity contribution < 1.29 is 14.6 Å². The van der Waals surface area contributed by atoms with E-state index in [2.05, 4.69) is 4.90 Å². The molecule has 102 valence electrons. The molecular formula is C14H23NO3. The largest absolute Gasteiger partial charge is 0.480 e. The number of rotatable bonds is 2. The van der Waals surface area contributed by atoms with E-state index in [1.807, 2.05) is 0 Å². The molecular weight excluding hydrogens is 230 g/mol. The number of likely N-dealkylation sites (tertiary alicyclic amines) is 1. The third kappa shape index (κ3) is 1.86. The van der Waals surface area contributed by atoms with Crippen LogP contribution in [0.3, 0.4) is 0 Å². The smallest absolute Gasteiger partial charge is 0.326 e. The second-order valence-corrected chi connectivity index (χ2v) is 6.41. The Hall–Kier alpha value is -0.610. The van der Waals surface area contributed by atoms with Gasteiger partial charge in [-0.15, -0.1) is 0 Å². The molecule has 0 aromatic carbocycles. The van der Waals surface area contributed by atoms with Gasteiger partial charge in [-0.2, -0.15) is 0 Å². The topological polar surface area (TPSA) is 49.8 Å². The molecule has 1 atom stereocenters. The molecule has 2 aliphatic heterocycles. The van der Waals surface area contributed by atoms with Crippen LogP contribution in [0.4, 0.5) is 0 Å². The van der Waals surface area contributed by atoms with Crippen LogP contribution in [0.1, 0.15) is 44.9 Å². The molecule has 18 heavy (non-hydrogen) atoms. The SMILES string of the molecule is O=C(O)C1(N2CC3(CCCCCC3)C2)CCOC1. The average molecular weight is 253 g/mol. The number of carboxylic acid groups (broad SMARTS) is 1. The minimum absolute atomic E-state index is 0.373. The van der Waals surface area contributed by atoms with Crippen molar-refractivity contribution in [3.8, 4) is 0 Å². The van der Waals surface area contributed by atoms with Crippen LogP contribution in [-0.2, 0) is 9.53 Å². The fourth-order valence-corrected chi connectivity index (χ4v) is 3.97. The predicted octanol–water partition coefficient (Wildman–Crippen LogP) is 1.89. The highest BCUT2D eigenvalue weighted by Gasteiger charge is 2.56. The van der Waals surface area contributed by atoms with E-state index in [1.54, 1.807) is 0 Å². The summed E-state index contributed by atoms with van der Waals surface area (Å²) in [7, 11) is 0. The lowest BCUT2D eigenvalue weighted by Crippen LogP contribution is -2.68. The fraction of sp³-hybridized carbons (Fsp3) is 0.929. The van der Waals surface area contributed by atoms with Gasteiger partial charge in [0.15, 0.2) is 0 Å². The van der Waals surface area contributed by atoms with Gasteiger partial charge >= 0.3 is 5.97 Å². The van der Waals surface area contributed by atoms with Gasteiger partial charge < -0.3 is 9.84 Å². The highest BCUT2D eigenvalue weighted by Crippen LogP contribution is 2.47. The van der Waals surface area contributed by atoms with Crippen molar-refractivity contribution in [1.29, 1.82) is 0 Å². The first-order chi connectivity index (χ1) is 8.67. The predicted molar refractivity (Wildman–Crippen MR) is 67.5 cm³/mol. The zero-order valence-corrected chi connectivity index (χ0v) is 11.0. The molecule has 0 bridgehead atoms. The number of hydrogen-bond donors (Lipinski definition) is 1.